The first-order valence-electron chi connectivity index (χ1n) is 7.65. The molecule has 0 saturated carbocycles. The molecule has 2 amide bonds. The molecule has 20 heavy (non-hydrogen) atoms. The summed E-state index contributed by atoms with van der Waals surface area (Å²) < 4.78 is 0. The summed E-state index contributed by atoms with van der Waals surface area (Å²) in [5, 5.41) is 5.68. The fraction of sp³-hybridized carbons (Fsp3) is 0.562. The van der Waals surface area contributed by atoms with Gasteiger partial charge in [-0.25, -0.2) is 4.79 Å². The number of carbonyl (C=O) groups is 1. The number of hydrogen-bond acceptors (Lipinski definition) is 2. The highest BCUT2D eigenvalue weighted by molar-refractivity contribution is 5.73. The van der Waals surface area contributed by atoms with Crippen molar-refractivity contribution in [1.82, 2.24) is 10.6 Å². The van der Waals surface area contributed by atoms with Gasteiger partial charge in [0.1, 0.15) is 0 Å². The fourth-order valence-electron chi connectivity index (χ4n) is 2.47. The van der Waals surface area contributed by atoms with Gasteiger partial charge in [-0.05, 0) is 43.4 Å². The number of nitrogens with one attached hydrogen (secondary N) is 2. The van der Waals surface area contributed by atoms with Crippen LogP contribution in [0.3, 0.4) is 0 Å². The Hall–Kier alpha value is -1.71. The van der Waals surface area contributed by atoms with Crippen molar-refractivity contribution in [2.24, 2.45) is 0 Å². The number of nitrogens with zero attached hydrogens (tertiary/aromatic N) is 1. The lowest BCUT2D eigenvalue weighted by atomic mass is 10.1. The summed E-state index contributed by atoms with van der Waals surface area (Å²) >= 11 is 0. The van der Waals surface area contributed by atoms with Crippen LogP contribution in [0, 0.1) is 0 Å². The average molecular weight is 275 g/mol. The van der Waals surface area contributed by atoms with E-state index in [1.54, 1.807) is 0 Å². The van der Waals surface area contributed by atoms with Gasteiger partial charge in [-0.3, -0.25) is 0 Å². The van der Waals surface area contributed by atoms with E-state index in [0.717, 1.165) is 19.4 Å². The standard InChI is InChI=1S/C16H25N3O/c1-2-10-17-16(20)18-11-9-14-5-7-15(8-6-14)19-12-3-4-13-19/h5-8H,2-4,9-13H2,1H3,(H2,17,18,20). The number of carbonyl (C=O) groups excluding carboxylic acids is 1. The first kappa shape index (κ1) is 14.7. The van der Waals surface area contributed by atoms with Crippen LogP contribution in [0.25, 0.3) is 0 Å². The molecule has 0 bridgehead atoms. The highest BCUT2D eigenvalue weighted by Gasteiger charge is 2.11. The molecule has 2 N–H and O–H groups in total. The molecule has 2 rings (SSSR count). The molecule has 1 aromatic rings. The van der Waals surface area contributed by atoms with Gasteiger partial charge in [-0.2, -0.15) is 0 Å². The maximum Gasteiger partial charge on any atom is 0.314 e. The third-order valence-electron chi connectivity index (χ3n) is 3.64. The molecular formula is C16H25N3O. The van der Waals surface area contributed by atoms with Gasteiger partial charge in [0, 0.05) is 31.9 Å². The Kier molecular flexibility index (Phi) is 5.71. The quantitative estimate of drug-likeness (QED) is 0.838. The van der Waals surface area contributed by atoms with Crippen molar-refractivity contribution in [3.63, 3.8) is 0 Å². The lowest BCUT2D eigenvalue weighted by Crippen LogP contribution is -2.36. The molecule has 0 spiro atoms. The van der Waals surface area contributed by atoms with Gasteiger partial charge in [0.05, 0.1) is 0 Å². The third-order valence-corrected chi connectivity index (χ3v) is 3.64. The van der Waals surface area contributed by atoms with E-state index in [1.165, 1.54) is 37.2 Å². The van der Waals surface area contributed by atoms with Crippen LogP contribution in [0.15, 0.2) is 24.3 Å². The number of anilines is 1. The van der Waals surface area contributed by atoms with Crippen molar-refractivity contribution in [2.45, 2.75) is 32.6 Å². The van der Waals surface area contributed by atoms with Gasteiger partial charge in [0.25, 0.3) is 0 Å². The molecule has 1 heterocycles. The van der Waals surface area contributed by atoms with Gasteiger partial charge in [-0.15, -0.1) is 0 Å². The molecule has 0 aromatic heterocycles. The van der Waals surface area contributed by atoms with Crippen molar-refractivity contribution in [3.8, 4) is 0 Å². The van der Waals surface area contributed by atoms with Crippen molar-refractivity contribution < 1.29 is 4.79 Å². The molecule has 1 aliphatic heterocycles. The molecule has 1 aliphatic rings. The first-order chi connectivity index (χ1) is 9.79. The van der Waals surface area contributed by atoms with E-state index < -0.39 is 0 Å². The fourth-order valence-corrected chi connectivity index (χ4v) is 2.47. The molecule has 1 saturated heterocycles. The van der Waals surface area contributed by atoms with E-state index in [2.05, 4.69) is 39.8 Å². The SMILES string of the molecule is CCCNC(=O)NCCc1ccc(N2CCCC2)cc1. The topological polar surface area (TPSA) is 44.4 Å². The molecule has 1 aromatic carbocycles. The van der Waals surface area contributed by atoms with Gasteiger partial charge >= 0.3 is 6.03 Å². The molecule has 0 unspecified atom stereocenters. The predicted molar refractivity (Wildman–Crippen MR) is 83.3 cm³/mol. The average Bonchev–Trinajstić information content (AvgIpc) is 3.00. The monoisotopic (exact) mass is 275 g/mol. The first-order valence-corrected chi connectivity index (χ1v) is 7.65. The summed E-state index contributed by atoms with van der Waals surface area (Å²) in [5.41, 5.74) is 2.59. The van der Waals surface area contributed by atoms with E-state index >= 15 is 0 Å². The zero-order valence-corrected chi connectivity index (χ0v) is 12.3. The number of urea groups is 1. The maximum atomic E-state index is 11.4. The summed E-state index contributed by atoms with van der Waals surface area (Å²) in [5.74, 6) is 0. The molecule has 0 aliphatic carbocycles. The Labute approximate surface area is 121 Å². The predicted octanol–water partition coefficient (Wildman–Crippen LogP) is 2.54. The number of hydrogen-bond donors (Lipinski definition) is 2. The van der Waals surface area contributed by atoms with Crippen LogP contribution >= 0.6 is 0 Å². The molecule has 110 valence electrons. The summed E-state index contributed by atoms with van der Waals surface area (Å²) in [4.78, 5) is 13.8. The third kappa shape index (κ3) is 4.44. The van der Waals surface area contributed by atoms with E-state index in [-0.39, 0.29) is 6.03 Å². The van der Waals surface area contributed by atoms with Crippen LogP contribution in [0.5, 0.6) is 0 Å². The summed E-state index contributed by atoms with van der Waals surface area (Å²) in [7, 11) is 0. The van der Waals surface area contributed by atoms with Crippen LogP contribution in [0.1, 0.15) is 31.7 Å². The van der Waals surface area contributed by atoms with Crippen LogP contribution < -0.4 is 15.5 Å². The lowest BCUT2D eigenvalue weighted by molar-refractivity contribution is 0.241. The Bertz CT molecular complexity index is 410. The van der Waals surface area contributed by atoms with Crippen molar-refractivity contribution in [3.05, 3.63) is 29.8 Å². The van der Waals surface area contributed by atoms with E-state index in [4.69, 9.17) is 0 Å². The smallest absolute Gasteiger partial charge is 0.314 e. The Morgan fingerprint density at radius 2 is 1.75 bits per heavy atom. The van der Waals surface area contributed by atoms with E-state index in [1.807, 2.05) is 6.92 Å². The van der Waals surface area contributed by atoms with E-state index in [9.17, 15) is 4.79 Å². The zero-order chi connectivity index (χ0) is 14.2. The van der Waals surface area contributed by atoms with Crippen LogP contribution in [-0.2, 0) is 6.42 Å². The van der Waals surface area contributed by atoms with Gasteiger partial charge in [-0.1, -0.05) is 19.1 Å². The molecule has 4 nitrogen and oxygen atoms in total. The number of rotatable bonds is 6. The second kappa shape index (κ2) is 7.78. The van der Waals surface area contributed by atoms with Crippen molar-refractivity contribution in [2.75, 3.05) is 31.1 Å². The Morgan fingerprint density at radius 1 is 1.10 bits per heavy atom. The van der Waals surface area contributed by atoms with Crippen LogP contribution in [0.2, 0.25) is 0 Å². The van der Waals surface area contributed by atoms with Crippen LogP contribution in [0.4, 0.5) is 10.5 Å². The summed E-state index contributed by atoms with van der Waals surface area (Å²) in [6, 6.07) is 8.65. The minimum absolute atomic E-state index is 0.0689. The van der Waals surface area contributed by atoms with E-state index in [0.29, 0.717) is 6.54 Å². The van der Waals surface area contributed by atoms with Crippen LogP contribution in [-0.4, -0.2) is 32.2 Å². The Morgan fingerprint density at radius 3 is 2.40 bits per heavy atom. The van der Waals surface area contributed by atoms with Crippen molar-refractivity contribution in [1.29, 1.82) is 0 Å². The summed E-state index contributed by atoms with van der Waals surface area (Å²) in [6.45, 7) is 5.81. The zero-order valence-electron chi connectivity index (χ0n) is 12.3. The number of benzene rings is 1. The molecule has 0 atom stereocenters. The molecule has 4 heteroatoms. The normalized spacial score (nSPS) is 14.3. The molecule has 1 fully saturated rings. The highest BCUT2D eigenvalue weighted by Crippen LogP contribution is 2.20. The van der Waals surface area contributed by atoms with Gasteiger partial charge in [0.2, 0.25) is 0 Å². The minimum atomic E-state index is -0.0689. The lowest BCUT2D eigenvalue weighted by Gasteiger charge is -2.17. The molecule has 0 radical (unpaired) electrons. The number of amides is 2. The largest absolute Gasteiger partial charge is 0.372 e. The second-order valence-corrected chi connectivity index (χ2v) is 5.29. The molecular weight excluding hydrogens is 250 g/mol. The van der Waals surface area contributed by atoms with Gasteiger partial charge < -0.3 is 15.5 Å². The van der Waals surface area contributed by atoms with Gasteiger partial charge in [0.15, 0.2) is 0 Å². The Balaban J connectivity index is 1.72. The summed E-state index contributed by atoms with van der Waals surface area (Å²) in [6.07, 6.45) is 4.45. The highest BCUT2D eigenvalue weighted by atomic mass is 16.2. The second-order valence-electron chi connectivity index (χ2n) is 5.29. The minimum Gasteiger partial charge on any atom is -0.372 e. The maximum absolute atomic E-state index is 11.4. The van der Waals surface area contributed by atoms with Crippen molar-refractivity contribution >= 4 is 11.7 Å².